The van der Waals surface area contributed by atoms with Gasteiger partial charge in [0.15, 0.2) is 6.61 Å². The Hall–Kier alpha value is -3.13. The maximum atomic E-state index is 13.5. The molecular weight excluding hydrogens is 437 g/mol. The molecule has 3 N–H and O–H groups in total. The lowest BCUT2D eigenvalue weighted by molar-refractivity contribution is -0.126. The van der Waals surface area contributed by atoms with Gasteiger partial charge in [-0.3, -0.25) is 14.4 Å². The van der Waals surface area contributed by atoms with Crippen molar-refractivity contribution >= 4 is 29.3 Å². The number of hydrogen-bond donors (Lipinski definition) is 3. The SMILES string of the molecule is O=C(CNC(=O)c1ccccc1)N[C@@H]1CC2(NC(=O)COc3ccc(Cl)c(F)c3)CC1C2. The fourth-order valence-corrected chi connectivity index (χ4v) is 4.58. The highest BCUT2D eigenvalue weighted by molar-refractivity contribution is 6.30. The monoisotopic (exact) mass is 459 g/mol. The van der Waals surface area contributed by atoms with Crippen molar-refractivity contribution in [1.82, 2.24) is 16.0 Å². The third-order valence-electron chi connectivity index (χ3n) is 5.94. The van der Waals surface area contributed by atoms with E-state index in [1.165, 1.54) is 12.1 Å². The molecule has 9 heteroatoms. The molecule has 1 atom stereocenters. The fourth-order valence-electron chi connectivity index (χ4n) is 4.46. The van der Waals surface area contributed by atoms with Crippen LogP contribution < -0.4 is 20.7 Å². The van der Waals surface area contributed by atoms with E-state index in [9.17, 15) is 18.8 Å². The summed E-state index contributed by atoms with van der Waals surface area (Å²) in [6.45, 7) is -0.349. The number of ether oxygens (including phenoxy) is 1. The molecular formula is C23H23ClFN3O4. The van der Waals surface area contributed by atoms with Crippen LogP contribution in [-0.2, 0) is 9.59 Å². The molecule has 0 aromatic heterocycles. The maximum Gasteiger partial charge on any atom is 0.258 e. The van der Waals surface area contributed by atoms with Gasteiger partial charge in [0.25, 0.3) is 11.8 Å². The molecule has 3 fully saturated rings. The molecule has 32 heavy (non-hydrogen) atoms. The highest BCUT2D eigenvalue weighted by Crippen LogP contribution is 2.51. The number of carbonyl (C=O) groups is 3. The van der Waals surface area contributed by atoms with Crippen LogP contribution in [0.15, 0.2) is 48.5 Å². The number of halogens is 2. The van der Waals surface area contributed by atoms with E-state index in [1.54, 1.807) is 24.3 Å². The van der Waals surface area contributed by atoms with Gasteiger partial charge in [-0.25, -0.2) is 4.39 Å². The summed E-state index contributed by atoms with van der Waals surface area (Å²) in [4.78, 5) is 36.6. The van der Waals surface area contributed by atoms with Gasteiger partial charge in [-0.05, 0) is 49.4 Å². The molecule has 0 aliphatic heterocycles. The number of hydrogen-bond acceptors (Lipinski definition) is 4. The third-order valence-corrected chi connectivity index (χ3v) is 6.25. The van der Waals surface area contributed by atoms with E-state index in [1.807, 2.05) is 6.07 Å². The van der Waals surface area contributed by atoms with Crippen LogP contribution in [0.25, 0.3) is 0 Å². The molecule has 0 radical (unpaired) electrons. The second kappa shape index (κ2) is 9.16. The minimum atomic E-state index is -0.612. The van der Waals surface area contributed by atoms with E-state index >= 15 is 0 Å². The van der Waals surface area contributed by atoms with Gasteiger partial charge in [0.1, 0.15) is 11.6 Å². The average Bonchev–Trinajstić information content (AvgIpc) is 3.26. The molecule has 2 aromatic carbocycles. The Balaban J connectivity index is 1.20. The summed E-state index contributed by atoms with van der Waals surface area (Å²) in [6, 6.07) is 12.6. The zero-order valence-electron chi connectivity index (χ0n) is 17.2. The average molecular weight is 460 g/mol. The predicted molar refractivity (Wildman–Crippen MR) is 116 cm³/mol. The summed E-state index contributed by atoms with van der Waals surface area (Å²) in [5, 5.41) is 8.54. The first-order valence-electron chi connectivity index (χ1n) is 10.3. The minimum Gasteiger partial charge on any atom is -0.484 e. The van der Waals surface area contributed by atoms with E-state index in [2.05, 4.69) is 16.0 Å². The number of carbonyl (C=O) groups excluding carboxylic acids is 3. The molecule has 2 aromatic rings. The number of benzene rings is 2. The van der Waals surface area contributed by atoms with Gasteiger partial charge >= 0.3 is 0 Å². The quantitative estimate of drug-likeness (QED) is 0.565. The van der Waals surface area contributed by atoms with Crippen molar-refractivity contribution < 1.29 is 23.5 Å². The smallest absolute Gasteiger partial charge is 0.258 e. The molecule has 2 bridgehead atoms. The topological polar surface area (TPSA) is 96.5 Å². The largest absolute Gasteiger partial charge is 0.484 e. The zero-order chi connectivity index (χ0) is 22.7. The van der Waals surface area contributed by atoms with E-state index in [4.69, 9.17) is 16.3 Å². The number of fused-ring (bicyclic) bond motifs is 1. The zero-order valence-corrected chi connectivity index (χ0v) is 18.0. The van der Waals surface area contributed by atoms with Gasteiger partial charge < -0.3 is 20.7 Å². The predicted octanol–water partition coefficient (Wildman–Crippen LogP) is 2.44. The van der Waals surface area contributed by atoms with Gasteiger partial charge in [0.2, 0.25) is 5.91 Å². The number of nitrogens with one attached hydrogen (secondary N) is 3. The Kier molecular flexibility index (Phi) is 6.32. The van der Waals surface area contributed by atoms with Crippen molar-refractivity contribution in [1.29, 1.82) is 0 Å². The van der Waals surface area contributed by atoms with Crippen molar-refractivity contribution in [2.45, 2.75) is 30.8 Å². The highest BCUT2D eigenvalue weighted by atomic mass is 35.5. The summed E-state index contributed by atoms with van der Waals surface area (Å²) in [5.74, 6) is -0.974. The molecule has 3 saturated carbocycles. The minimum absolute atomic E-state index is 0.0140. The van der Waals surface area contributed by atoms with Crippen LogP contribution >= 0.6 is 11.6 Å². The molecule has 0 spiro atoms. The summed E-state index contributed by atoms with van der Waals surface area (Å²) < 4.78 is 18.8. The van der Waals surface area contributed by atoms with Crippen LogP contribution in [-0.4, -0.2) is 42.5 Å². The first kappa shape index (κ1) is 22.1. The van der Waals surface area contributed by atoms with E-state index in [-0.39, 0.29) is 59.1 Å². The molecule has 5 rings (SSSR count). The van der Waals surface area contributed by atoms with E-state index in [0.29, 0.717) is 12.0 Å². The molecule has 0 unspecified atom stereocenters. The summed E-state index contributed by atoms with van der Waals surface area (Å²) in [7, 11) is 0. The summed E-state index contributed by atoms with van der Waals surface area (Å²) in [5.41, 5.74) is 0.135. The Bertz CT molecular complexity index is 1030. The highest BCUT2D eigenvalue weighted by Gasteiger charge is 2.57. The molecule has 0 heterocycles. The van der Waals surface area contributed by atoms with Crippen molar-refractivity contribution in [2.24, 2.45) is 5.92 Å². The van der Waals surface area contributed by atoms with E-state index < -0.39 is 5.82 Å². The molecule has 3 aliphatic carbocycles. The van der Waals surface area contributed by atoms with Crippen LogP contribution in [0, 0.1) is 11.7 Å². The van der Waals surface area contributed by atoms with Crippen LogP contribution in [0.2, 0.25) is 5.02 Å². The van der Waals surface area contributed by atoms with Crippen LogP contribution in [0.5, 0.6) is 5.75 Å². The Morgan fingerprint density at radius 2 is 1.81 bits per heavy atom. The van der Waals surface area contributed by atoms with Gasteiger partial charge in [0, 0.05) is 23.2 Å². The lowest BCUT2D eigenvalue weighted by atomic mass is 9.76. The van der Waals surface area contributed by atoms with Crippen molar-refractivity contribution in [2.75, 3.05) is 13.2 Å². The fraction of sp³-hybridized carbons (Fsp3) is 0.348. The molecule has 3 amide bonds. The Labute approximate surface area is 189 Å². The van der Waals surface area contributed by atoms with Crippen molar-refractivity contribution in [3.8, 4) is 5.75 Å². The maximum absolute atomic E-state index is 13.5. The van der Waals surface area contributed by atoms with Crippen LogP contribution in [0.1, 0.15) is 29.6 Å². The molecule has 3 aliphatic rings. The number of amides is 3. The second-order valence-electron chi connectivity index (χ2n) is 8.29. The third kappa shape index (κ3) is 5.02. The van der Waals surface area contributed by atoms with Gasteiger partial charge in [-0.1, -0.05) is 29.8 Å². The lowest BCUT2D eigenvalue weighted by Crippen LogP contribution is -2.53. The molecule has 7 nitrogen and oxygen atoms in total. The van der Waals surface area contributed by atoms with Gasteiger partial charge in [-0.2, -0.15) is 0 Å². The standard InChI is InChI=1S/C23H23ClFN3O4/c24-17-7-6-16(8-18(17)25)32-13-21(30)28-23-9-15(10-23)19(11-23)27-20(29)12-26-22(31)14-4-2-1-3-5-14/h1-8,15,19H,9-13H2,(H,26,31)(H,27,29)(H,28,30)/t15?,19-,23?/m1/s1. The summed E-state index contributed by atoms with van der Waals surface area (Å²) in [6.07, 6.45) is 2.17. The van der Waals surface area contributed by atoms with Crippen molar-refractivity contribution in [3.05, 3.63) is 64.9 Å². The number of rotatable bonds is 8. The normalized spacial score (nSPS) is 23.1. The first-order valence-corrected chi connectivity index (χ1v) is 10.7. The van der Waals surface area contributed by atoms with Crippen LogP contribution in [0.3, 0.4) is 0 Å². The van der Waals surface area contributed by atoms with Gasteiger partial charge in [0.05, 0.1) is 11.6 Å². The first-order chi connectivity index (χ1) is 15.3. The second-order valence-corrected chi connectivity index (χ2v) is 8.70. The van der Waals surface area contributed by atoms with Crippen LogP contribution in [0.4, 0.5) is 4.39 Å². The molecule has 0 saturated heterocycles. The summed E-state index contributed by atoms with van der Waals surface area (Å²) >= 11 is 5.63. The van der Waals surface area contributed by atoms with E-state index in [0.717, 1.165) is 18.9 Å². The lowest BCUT2D eigenvalue weighted by Gasteiger charge is -2.39. The molecule has 168 valence electrons. The van der Waals surface area contributed by atoms with Crippen molar-refractivity contribution in [3.63, 3.8) is 0 Å². The Morgan fingerprint density at radius 3 is 2.53 bits per heavy atom. The van der Waals surface area contributed by atoms with Gasteiger partial charge in [-0.15, -0.1) is 0 Å². The Morgan fingerprint density at radius 1 is 1.06 bits per heavy atom.